The number of nitrogens with zero attached hydrogens (tertiary/aromatic N) is 1. The molecule has 0 amide bonds. The molecule has 0 N–H and O–H groups in total. The molecular formula is C10H19NO4S. The van der Waals surface area contributed by atoms with Crippen molar-refractivity contribution in [2.24, 2.45) is 0 Å². The molecule has 0 atom stereocenters. The highest BCUT2D eigenvalue weighted by molar-refractivity contribution is 7.85. The molecule has 0 saturated carbocycles. The summed E-state index contributed by atoms with van der Waals surface area (Å²) in [7, 11) is -0.635. The van der Waals surface area contributed by atoms with Crippen LogP contribution in [0.3, 0.4) is 0 Å². The predicted octanol–water partition coefficient (Wildman–Crippen LogP) is -0.370. The summed E-state index contributed by atoms with van der Waals surface area (Å²) >= 11 is 0. The maximum absolute atomic E-state index is 11.1. The van der Waals surface area contributed by atoms with Crippen LogP contribution < -0.4 is 0 Å². The fourth-order valence-electron chi connectivity index (χ4n) is 1.45. The molecule has 0 bridgehead atoms. The van der Waals surface area contributed by atoms with E-state index in [0.717, 1.165) is 31.1 Å². The number of carbonyl (C=O) groups is 1. The summed E-state index contributed by atoms with van der Waals surface area (Å²) in [6, 6.07) is 0. The van der Waals surface area contributed by atoms with Gasteiger partial charge in [-0.25, -0.2) is 4.79 Å². The van der Waals surface area contributed by atoms with Gasteiger partial charge in [0.25, 0.3) is 0 Å². The molecule has 5 nitrogen and oxygen atoms in total. The monoisotopic (exact) mass is 249 g/mol. The molecule has 0 unspecified atom stereocenters. The zero-order valence-electron chi connectivity index (χ0n) is 9.65. The van der Waals surface area contributed by atoms with Crippen LogP contribution in [0.2, 0.25) is 0 Å². The molecule has 6 heteroatoms. The Morgan fingerprint density at radius 3 is 2.69 bits per heavy atom. The van der Waals surface area contributed by atoms with Crippen molar-refractivity contribution in [3.05, 3.63) is 0 Å². The predicted molar refractivity (Wildman–Crippen MR) is 61.8 cm³/mol. The van der Waals surface area contributed by atoms with E-state index in [2.05, 4.69) is 4.90 Å². The van der Waals surface area contributed by atoms with Crippen molar-refractivity contribution < 1.29 is 18.5 Å². The summed E-state index contributed by atoms with van der Waals surface area (Å²) in [5, 5.41) is 0. The highest BCUT2D eigenvalue weighted by atomic mass is 32.2. The minimum Gasteiger partial charge on any atom is -0.464 e. The summed E-state index contributed by atoms with van der Waals surface area (Å²) in [6.45, 7) is 5.20. The lowest BCUT2D eigenvalue weighted by atomic mass is 10.5. The molecule has 0 aromatic heterocycles. The number of hydrogen-bond donors (Lipinski definition) is 0. The second-order valence-electron chi connectivity index (χ2n) is 3.55. The Balaban J connectivity index is 1.99. The van der Waals surface area contributed by atoms with E-state index >= 15 is 0 Å². The summed E-state index contributed by atoms with van der Waals surface area (Å²) < 4.78 is 21.0. The molecule has 1 aliphatic heterocycles. The summed E-state index contributed by atoms with van der Waals surface area (Å²) in [6.07, 6.45) is 0. The standard InChI is InChI=1S/C10H19NO4S/c1-2-15-10(12)9-14-6-3-11-4-7-16(13)8-5-11/h2-9H2,1H3. The number of hydrogen-bond acceptors (Lipinski definition) is 5. The fourth-order valence-corrected chi connectivity index (χ4v) is 2.58. The Morgan fingerprint density at radius 1 is 1.38 bits per heavy atom. The van der Waals surface area contributed by atoms with Crippen LogP contribution in [0.4, 0.5) is 0 Å². The van der Waals surface area contributed by atoms with E-state index in [-0.39, 0.29) is 12.6 Å². The first kappa shape index (κ1) is 13.6. The molecule has 94 valence electrons. The van der Waals surface area contributed by atoms with E-state index in [1.807, 2.05) is 0 Å². The molecule has 0 aromatic rings. The van der Waals surface area contributed by atoms with Crippen molar-refractivity contribution in [1.29, 1.82) is 0 Å². The summed E-state index contributed by atoms with van der Waals surface area (Å²) in [4.78, 5) is 13.1. The molecule has 0 spiro atoms. The van der Waals surface area contributed by atoms with Crippen LogP contribution in [0.5, 0.6) is 0 Å². The van der Waals surface area contributed by atoms with Gasteiger partial charge < -0.3 is 9.47 Å². The topological polar surface area (TPSA) is 55.8 Å². The largest absolute Gasteiger partial charge is 0.464 e. The third-order valence-electron chi connectivity index (χ3n) is 2.35. The van der Waals surface area contributed by atoms with Gasteiger partial charge in [0.15, 0.2) is 0 Å². The molecule has 1 saturated heterocycles. The normalized spacial score (nSPS) is 18.6. The lowest BCUT2D eigenvalue weighted by Crippen LogP contribution is -2.39. The van der Waals surface area contributed by atoms with Gasteiger partial charge in [-0.1, -0.05) is 0 Å². The van der Waals surface area contributed by atoms with Crippen LogP contribution in [-0.4, -0.2) is 66.0 Å². The number of rotatable bonds is 6. The van der Waals surface area contributed by atoms with E-state index in [1.54, 1.807) is 6.92 Å². The first-order chi connectivity index (χ1) is 7.72. The van der Waals surface area contributed by atoms with Crippen LogP contribution in [-0.2, 0) is 25.1 Å². The molecule has 0 radical (unpaired) electrons. The molecule has 1 rings (SSSR count). The molecule has 0 aliphatic carbocycles. The third-order valence-corrected chi connectivity index (χ3v) is 3.62. The number of ether oxygens (including phenoxy) is 2. The van der Waals surface area contributed by atoms with E-state index in [1.165, 1.54) is 0 Å². The van der Waals surface area contributed by atoms with Crippen molar-refractivity contribution >= 4 is 16.8 Å². The van der Waals surface area contributed by atoms with E-state index < -0.39 is 10.8 Å². The summed E-state index contributed by atoms with van der Waals surface area (Å²) in [5.74, 6) is 1.18. The van der Waals surface area contributed by atoms with Gasteiger partial charge in [0.1, 0.15) is 6.61 Å². The average Bonchev–Trinajstić information content (AvgIpc) is 2.27. The lowest BCUT2D eigenvalue weighted by molar-refractivity contribution is -0.148. The number of carbonyl (C=O) groups excluding carboxylic acids is 1. The Labute approximate surface area is 98.5 Å². The Morgan fingerprint density at radius 2 is 2.06 bits per heavy atom. The van der Waals surface area contributed by atoms with Gasteiger partial charge in [-0.05, 0) is 6.92 Å². The Bertz CT molecular complexity index is 237. The highest BCUT2D eigenvalue weighted by Crippen LogP contribution is 1.99. The molecule has 1 fully saturated rings. The van der Waals surface area contributed by atoms with Gasteiger partial charge in [-0.2, -0.15) is 0 Å². The number of esters is 1. The van der Waals surface area contributed by atoms with Crippen LogP contribution in [0.25, 0.3) is 0 Å². The average molecular weight is 249 g/mol. The lowest BCUT2D eigenvalue weighted by Gasteiger charge is -2.25. The smallest absolute Gasteiger partial charge is 0.332 e. The highest BCUT2D eigenvalue weighted by Gasteiger charge is 2.14. The molecule has 1 heterocycles. The zero-order valence-corrected chi connectivity index (χ0v) is 10.5. The molecule has 1 aliphatic rings. The van der Waals surface area contributed by atoms with Crippen molar-refractivity contribution in [3.63, 3.8) is 0 Å². The van der Waals surface area contributed by atoms with E-state index in [9.17, 15) is 9.00 Å². The van der Waals surface area contributed by atoms with Crippen LogP contribution in [0.1, 0.15) is 6.92 Å². The van der Waals surface area contributed by atoms with Crippen LogP contribution in [0, 0.1) is 0 Å². The molecule has 16 heavy (non-hydrogen) atoms. The summed E-state index contributed by atoms with van der Waals surface area (Å²) in [5.41, 5.74) is 0. The van der Waals surface area contributed by atoms with E-state index in [4.69, 9.17) is 9.47 Å². The first-order valence-electron chi connectivity index (χ1n) is 5.53. The van der Waals surface area contributed by atoms with Gasteiger partial charge in [0.05, 0.1) is 13.2 Å². The van der Waals surface area contributed by atoms with Crippen molar-refractivity contribution in [2.45, 2.75) is 6.92 Å². The molecule has 0 aromatic carbocycles. The minimum atomic E-state index is -0.635. The first-order valence-corrected chi connectivity index (χ1v) is 7.02. The SMILES string of the molecule is CCOC(=O)COCCN1CCS(=O)CC1. The van der Waals surface area contributed by atoms with E-state index in [0.29, 0.717) is 13.2 Å². The van der Waals surface area contributed by atoms with Crippen molar-refractivity contribution in [1.82, 2.24) is 4.90 Å². The second-order valence-corrected chi connectivity index (χ2v) is 5.24. The van der Waals surface area contributed by atoms with Crippen LogP contribution >= 0.6 is 0 Å². The second kappa shape index (κ2) is 7.76. The third kappa shape index (κ3) is 5.58. The molecular weight excluding hydrogens is 230 g/mol. The van der Waals surface area contributed by atoms with Gasteiger partial charge >= 0.3 is 5.97 Å². The fraction of sp³-hybridized carbons (Fsp3) is 0.900. The van der Waals surface area contributed by atoms with Gasteiger partial charge in [0, 0.05) is 41.9 Å². The van der Waals surface area contributed by atoms with Gasteiger partial charge in [-0.15, -0.1) is 0 Å². The van der Waals surface area contributed by atoms with Crippen molar-refractivity contribution in [3.8, 4) is 0 Å². The van der Waals surface area contributed by atoms with Gasteiger partial charge in [-0.3, -0.25) is 9.11 Å². The van der Waals surface area contributed by atoms with Gasteiger partial charge in [0.2, 0.25) is 0 Å². The quantitative estimate of drug-likeness (QED) is 0.475. The minimum absolute atomic E-state index is 0.0214. The zero-order chi connectivity index (χ0) is 11.8. The van der Waals surface area contributed by atoms with Crippen molar-refractivity contribution in [2.75, 3.05) is 51.0 Å². The van der Waals surface area contributed by atoms with Crippen LogP contribution in [0.15, 0.2) is 0 Å². The maximum Gasteiger partial charge on any atom is 0.332 e. The Kier molecular flexibility index (Phi) is 6.59. The maximum atomic E-state index is 11.1. The Hall–Kier alpha value is -0.460.